The van der Waals surface area contributed by atoms with Crippen LogP contribution in [0.15, 0.2) is 47.1 Å². The molecule has 0 bridgehead atoms. The van der Waals surface area contributed by atoms with Crippen molar-refractivity contribution in [3.8, 4) is 0 Å². The quantitative estimate of drug-likeness (QED) is 0.399. The van der Waals surface area contributed by atoms with Gasteiger partial charge in [-0.25, -0.2) is 9.97 Å². The van der Waals surface area contributed by atoms with Crippen LogP contribution in [0.4, 0.5) is 5.82 Å². The molecule has 0 saturated heterocycles. The van der Waals surface area contributed by atoms with E-state index in [4.69, 9.17) is 20.1 Å². The Labute approximate surface area is 175 Å². The second-order valence-electron chi connectivity index (χ2n) is 7.48. The van der Waals surface area contributed by atoms with E-state index < -0.39 is 0 Å². The number of fused-ring (bicyclic) bond motifs is 2. The number of hydrogen-bond donors (Lipinski definition) is 2. The molecule has 3 heterocycles. The van der Waals surface area contributed by atoms with Crippen LogP contribution in [-0.4, -0.2) is 27.0 Å². The van der Waals surface area contributed by atoms with Crippen LogP contribution in [0.3, 0.4) is 0 Å². The highest BCUT2D eigenvalue weighted by Crippen LogP contribution is 2.28. The Hall–Kier alpha value is -3.35. The van der Waals surface area contributed by atoms with E-state index in [0.717, 1.165) is 29.6 Å². The first-order valence-electron chi connectivity index (χ1n) is 10.5. The summed E-state index contributed by atoms with van der Waals surface area (Å²) in [6, 6.07) is 11.3. The highest BCUT2D eigenvalue weighted by atomic mass is 16.3. The molecule has 0 fully saturated rings. The van der Waals surface area contributed by atoms with Gasteiger partial charge in [0.15, 0.2) is 5.65 Å². The molecule has 0 unspecified atom stereocenters. The lowest BCUT2D eigenvalue weighted by molar-refractivity contribution is 0.0955. The first kappa shape index (κ1) is 19.9. The fourth-order valence-electron chi connectivity index (χ4n) is 3.68. The molecule has 0 aliphatic carbocycles. The average molecular weight is 406 g/mol. The molecule has 0 aliphatic rings. The number of hydrogen-bond acceptors (Lipinski definition) is 5. The summed E-state index contributed by atoms with van der Waals surface area (Å²) in [6.45, 7) is 3.19. The van der Waals surface area contributed by atoms with Crippen molar-refractivity contribution >= 4 is 33.9 Å². The van der Waals surface area contributed by atoms with Crippen molar-refractivity contribution in [1.82, 2.24) is 19.9 Å². The fraction of sp³-hybridized carbons (Fsp3) is 0.348. The van der Waals surface area contributed by atoms with Crippen LogP contribution in [0.1, 0.15) is 55.1 Å². The van der Waals surface area contributed by atoms with Gasteiger partial charge in [0.1, 0.15) is 22.7 Å². The van der Waals surface area contributed by atoms with Gasteiger partial charge in [-0.2, -0.15) is 0 Å². The van der Waals surface area contributed by atoms with Gasteiger partial charge in [-0.1, -0.05) is 44.7 Å². The van der Waals surface area contributed by atoms with Crippen LogP contribution in [-0.2, 0) is 6.54 Å². The molecule has 7 nitrogen and oxygen atoms in total. The minimum absolute atomic E-state index is 0.212. The number of nitrogen functional groups attached to an aromatic ring is 1. The van der Waals surface area contributed by atoms with Gasteiger partial charge in [-0.3, -0.25) is 4.79 Å². The molecule has 30 heavy (non-hydrogen) atoms. The molecule has 0 atom stereocenters. The standard InChI is InChI=1S/C23H27N5O2/c1-2-3-4-5-8-13-25-23(29)19-20-22(27-18-12-7-6-11-17(18)26-20)28(21(19)24)15-16-10-9-14-30-16/h6-7,9-12,14H,2-5,8,13,15,24H2,1H3,(H,25,29). The molecule has 0 saturated carbocycles. The third-order valence-electron chi connectivity index (χ3n) is 5.28. The van der Waals surface area contributed by atoms with E-state index in [0.29, 0.717) is 35.6 Å². The summed E-state index contributed by atoms with van der Waals surface area (Å²) >= 11 is 0. The summed E-state index contributed by atoms with van der Waals surface area (Å²) in [6.07, 6.45) is 7.28. The zero-order chi connectivity index (χ0) is 20.9. The molecule has 156 valence electrons. The number of aromatic nitrogens is 3. The number of benzene rings is 1. The number of carbonyl (C=O) groups is 1. The summed E-state index contributed by atoms with van der Waals surface area (Å²) in [5.41, 5.74) is 9.41. The number of para-hydroxylation sites is 2. The largest absolute Gasteiger partial charge is 0.467 e. The Morgan fingerprint density at radius 1 is 1.07 bits per heavy atom. The van der Waals surface area contributed by atoms with Gasteiger partial charge in [0, 0.05) is 6.54 Å². The summed E-state index contributed by atoms with van der Waals surface area (Å²) in [5, 5.41) is 3.01. The number of nitrogens with one attached hydrogen (secondary N) is 1. The van der Waals surface area contributed by atoms with Crippen molar-refractivity contribution in [2.75, 3.05) is 12.3 Å². The summed E-state index contributed by atoms with van der Waals surface area (Å²) < 4.78 is 7.28. The number of anilines is 1. The van der Waals surface area contributed by atoms with Gasteiger partial charge >= 0.3 is 0 Å². The monoisotopic (exact) mass is 405 g/mol. The van der Waals surface area contributed by atoms with Gasteiger partial charge < -0.3 is 20.0 Å². The van der Waals surface area contributed by atoms with Crippen molar-refractivity contribution in [2.24, 2.45) is 0 Å². The van der Waals surface area contributed by atoms with Crippen molar-refractivity contribution in [3.05, 3.63) is 54.0 Å². The molecule has 4 rings (SSSR count). The number of amides is 1. The van der Waals surface area contributed by atoms with Crippen LogP contribution in [0.5, 0.6) is 0 Å². The maximum Gasteiger partial charge on any atom is 0.257 e. The molecular formula is C23H27N5O2. The van der Waals surface area contributed by atoms with Crippen LogP contribution < -0.4 is 11.1 Å². The topological polar surface area (TPSA) is 99.0 Å². The molecule has 3 aromatic heterocycles. The lowest BCUT2D eigenvalue weighted by Gasteiger charge is -2.07. The van der Waals surface area contributed by atoms with E-state index in [1.807, 2.05) is 36.4 Å². The maximum absolute atomic E-state index is 13.0. The van der Waals surface area contributed by atoms with E-state index in [1.54, 1.807) is 10.8 Å². The van der Waals surface area contributed by atoms with Crippen molar-refractivity contribution in [1.29, 1.82) is 0 Å². The van der Waals surface area contributed by atoms with E-state index in [9.17, 15) is 4.79 Å². The van der Waals surface area contributed by atoms with Gasteiger partial charge in [-0.15, -0.1) is 0 Å². The van der Waals surface area contributed by atoms with E-state index in [1.165, 1.54) is 19.3 Å². The predicted octanol–water partition coefficient (Wildman–Crippen LogP) is 4.51. The van der Waals surface area contributed by atoms with Crippen LogP contribution in [0.2, 0.25) is 0 Å². The number of furan rings is 1. The van der Waals surface area contributed by atoms with E-state index in [-0.39, 0.29) is 5.91 Å². The number of unbranched alkanes of at least 4 members (excludes halogenated alkanes) is 4. The third-order valence-corrected chi connectivity index (χ3v) is 5.28. The maximum atomic E-state index is 13.0. The van der Waals surface area contributed by atoms with Crippen molar-refractivity contribution in [2.45, 2.75) is 45.6 Å². The highest BCUT2D eigenvalue weighted by molar-refractivity contribution is 6.10. The number of nitrogens with two attached hydrogens (primary N) is 1. The smallest absolute Gasteiger partial charge is 0.257 e. The van der Waals surface area contributed by atoms with Crippen molar-refractivity contribution in [3.63, 3.8) is 0 Å². The molecule has 0 aliphatic heterocycles. The zero-order valence-electron chi connectivity index (χ0n) is 17.2. The predicted molar refractivity (Wildman–Crippen MR) is 118 cm³/mol. The second-order valence-corrected chi connectivity index (χ2v) is 7.48. The highest BCUT2D eigenvalue weighted by Gasteiger charge is 2.24. The minimum Gasteiger partial charge on any atom is -0.467 e. The van der Waals surface area contributed by atoms with Gasteiger partial charge in [0.2, 0.25) is 0 Å². The summed E-state index contributed by atoms with van der Waals surface area (Å²) in [4.78, 5) is 22.5. The molecule has 1 amide bonds. The van der Waals surface area contributed by atoms with E-state index >= 15 is 0 Å². The fourth-order valence-corrected chi connectivity index (χ4v) is 3.68. The average Bonchev–Trinajstić information content (AvgIpc) is 3.36. The van der Waals surface area contributed by atoms with Gasteiger partial charge in [0.05, 0.1) is 23.8 Å². The molecule has 4 aromatic rings. The van der Waals surface area contributed by atoms with Crippen LogP contribution >= 0.6 is 0 Å². The SMILES string of the molecule is CCCCCCCNC(=O)c1c(N)n(Cc2ccco2)c2nc3ccccc3nc12. The Balaban J connectivity index is 1.68. The summed E-state index contributed by atoms with van der Waals surface area (Å²) in [7, 11) is 0. The number of nitrogens with zero attached hydrogens (tertiary/aromatic N) is 3. The Morgan fingerprint density at radius 2 is 1.83 bits per heavy atom. The molecular weight excluding hydrogens is 378 g/mol. The van der Waals surface area contributed by atoms with Crippen LogP contribution in [0, 0.1) is 0 Å². The second kappa shape index (κ2) is 8.98. The molecule has 3 N–H and O–H groups in total. The minimum atomic E-state index is -0.212. The summed E-state index contributed by atoms with van der Waals surface area (Å²) in [5.74, 6) is 0.868. The Bertz CT molecular complexity index is 1150. The van der Waals surface area contributed by atoms with Crippen molar-refractivity contribution < 1.29 is 9.21 Å². The number of carbonyl (C=O) groups excluding carboxylic acids is 1. The molecule has 0 spiro atoms. The van der Waals surface area contributed by atoms with E-state index in [2.05, 4.69) is 12.2 Å². The lowest BCUT2D eigenvalue weighted by atomic mass is 10.1. The first-order chi connectivity index (χ1) is 14.7. The zero-order valence-corrected chi connectivity index (χ0v) is 17.2. The molecule has 0 radical (unpaired) electrons. The number of rotatable bonds is 9. The third kappa shape index (κ3) is 4.01. The Morgan fingerprint density at radius 3 is 2.57 bits per heavy atom. The normalized spacial score (nSPS) is 11.4. The first-order valence-corrected chi connectivity index (χ1v) is 10.5. The van der Waals surface area contributed by atoms with Crippen LogP contribution in [0.25, 0.3) is 22.2 Å². The molecule has 1 aromatic carbocycles. The van der Waals surface area contributed by atoms with Gasteiger partial charge in [0.25, 0.3) is 5.91 Å². The van der Waals surface area contributed by atoms with Gasteiger partial charge in [-0.05, 0) is 30.7 Å². The Kier molecular flexibility index (Phi) is 5.97. The lowest BCUT2D eigenvalue weighted by Crippen LogP contribution is -2.25. The molecule has 7 heteroatoms.